The number of hydrogen-bond acceptors (Lipinski definition) is 8. The lowest BCUT2D eigenvalue weighted by atomic mass is 9.85. The van der Waals surface area contributed by atoms with E-state index in [-0.39, 0.29) is 36.5 Å². The second kappa shape index (κ2) is 10.1. The third kappa shape index (κ3) is 5.63. The Kier molecular flexibility index (Phi) is 7.13. The Morgan fingerprint density at radius 3 is 2.64 bits per heavy atom. The molecular weight excluding hydrogens is 517 g/mol. The number of hydrogen-bond donors (Lipinski definition) is 2. The Bertz CT molecular complexity index is 1540. The molecule has 1 aliphatic heterocycles. The van der Waals surface area contributed by atoms with Crippen molar-refractivity contribution in [3.63, 3.8) is 0 Å². The van der Waals surface area contributed by atoms with Crippen molar-refractivity contribution in [1.82, 2.24) is 15.0 Å². The van der Waals surface area contributed by atoms with Crippen molar-refractivity contribution in [2.45, 2.75) is 64.3 Å². The van der Waals surface area contributed by atoms with Crippen LogP contribution in [0.25, 0.3) is 16.3 Å². The first kappa shape index (κ1) is 27.5. The largest absolute Gasteiger partial charge is 0.389 e. The van der Waals surface area contributed by atoms with Crippen LogP contribution in [0.2, 0.25) is 0 Å². The summed E-state index contributed by atoms with van der Waals surface area (Å²) in [5.74, 6) is 2.19. The predicted molar refractivity (Wildman–Crippen MR) is 154 cm³/mol. The summed E-state index contributed by atoms with van der Waals surface area (Å²) in [5, 5.41) is 15.3. The van der Waals surface area contributed by atoms with Gasteiger partial charge in [0.2, 0.25) is 0 Å². The molecule has 0 spiro atoms. The highest BCUT2D eigenvalue weighted by atomic mass is 32.2. The lowest BCUT2D eigenvalue weighted by molar-refractivity contribution is 0.00561. The molecular formula is C29H36FN5O3S. The van der Waals surface area contributed by atoms with Gasteiger partial charge in [0.25, 0.3) is 0 Å². The quantitative estimate of drug-likeness (QED) is 0.420. The highest BCUT2D eigenvalue weighted by molar-refractivity contribution is 7.90. The van der Waals surface area contributed by atoms with E-state index >= 15 is 0 Å². The van der Waals surface area contributed by atoms with Gasteiger partial charge in [0.1, 0.15) is 27.1 Å². The highest BCUT2D eigenvalue weighted by Crippen LogP contribution is 2.40. The first-order valence-electron chi connectivity index (χ1n) is 13.4. The molecule has 39 heavy (non-hydrogen) atoms. The molecule has 5 rings (SSSR count). The Balaban J connectivity index is 1.43. The summed E-state index contributed by atoms with van der Waals surface area (Å²) in [4.78, 5) is 15.9. The van der Waals surface area contributed by atoms with Crippen LogP contribution in [0.4, 0.5) is 21.7 Å². The number of sulfone groups is 1. The summed E-state index contributed by atoms with van der Waals surface area (Å²) in [6.45, 7) is 8.48. The van der Waals surface area contributed by atoms with Gasteiger partial charge in [0, 0.05) is 54.6 Å². The fourth-order valence-corrected chi connectivity index (χ4v) is 6.76. The monoisotopic (exact) mass is 553 g/mol. The minimum Gasteiger partial charge on any atom is -0.389 e. The Hall–Kier alpha value is -3.11. The van der Waals surface area contributed by atoms with E-state index in [9.17, 15) is 17.9 Å². The van der Waals surface area contributed by atoms with E-state index in [0.717, 1.165) is 16.5 Å². The van der Waals surface area contributed by atoms with Gasteiger partial charge in [0.15, 0.2) is 5.82 Å². The van der Waals surface area contributed by atoms with E-state index in [1.54, 1.807) is 18.3 Å². The minimum absolute atomic E-state index is 0.0480. The van der Waals surface area contributed by atoms with Gasteiger partial charge in [-0.3, -0.25) is 0 Å². The maximum Gasteiger partial charge on any atom is 0.157 e. The average molecular weight is 554 g/mol. The second-order valence-electron chi connectivity index (χ2n) is 11.5. The molecule has 0 saturated carbocycles. The van der Waals surface area contributed by atoms with E-state index in [1.165, 1.54) is 18.7 Å². The van der Waals surface area contributed by atoms with Crippen LogP contribution >= 0.6 is 0 Å². The Morgan fingerprint density at radius 2 is 1.97 bits per heavy atom. The fourth-order valence-electron chi connectivity index (χ4n) is 5.60. The SMILES string of the molecule is CC(C)c1ccc(N2C[C@H](CS(C)(=O)=O)[C@H]2C)c2cnc(Nc3ccnc(C4=CC[C@@H](O)[C@@](C)(F)C4)n3)cc12. The fraction of sp³-hybridized carbons (Fsp3) is 0.483. The van der Waals surface area contributed by atoms with Crippen molar-refractivity contribution < 1.29 is 17.9 Å². The first-order valence-corrected chi connectivity index (χ1v) is 15.4. The third-order valence-electron chi connectivity index (χ3n) is 7.98. The van der Waals surface area contributed by atoms with Crippen LogP contribution in [0.5, 0.6) is 0 Å². The molecule has 3 aromatic rings. The summed E-state index contributed by atoms with van der Waals surface area (Å²) < 4.78 is 38.4. The van der Waals surface area contributed by atoms with E-state index in [4.69, 9.17) is 0 Å². The van der Waals surface area contributed by atoms with Crippen LogP contribution in [0.1, 0.15) is 57.8 Å². The first-order chi connectivity index (χ1) is 18.3. The molecule has 2 aromatic heterocycles. The number of rotatable bonds is 7. The number of halogens is 1. The van der Waals surface area contributed by atoms with E-state index < -0.39 is 21.6 Å². The van der Waals surface area contributed by atoms with Gasteiger partial charge >= 0.3 is 0 Å². The lowest BCUT2D eigenvalue weighted by Crippen LogP contribution is -2.57. The molecule has 208 valence electrons. The average Bonchev–Trinajstić information content (AvgIpc) is 2.86. The van der Waals surface area contributed by atoms with Gasteiger partial charge in [-0.2, -0.15) is 0 Å². The summed E-state index contributed by atoms with van der Waals surface area (Å²) >= 11 is 0. The van der Waals surface area contributed by atoms with Crippen molar-refractivity contribution in [3.8, 4) is 0 Å². The number of pyridine rings is 1. The number of nitrogens with one attached hydrogen (secondary N) is 1. The molecule has 1 saturated heterocycles. The van der Waals surface area contributed by atoms with E-state index in [1.807, 2.05) is 12.3 Å². The van der Waals surface area contributed by atoms with Gasteiger partial charge in [-0.1, -0.05) is 26.0 Å². The molecule has 1 aliphatic carbocycles. The molecule has 2 N–H and O–H groups in total. The standard InChI is InChI=1S/C29H36FN5O3S/c1-17(2)21-7-8-24(35-15-20(18(35)3)16-39(5,37)38)23-14-32-27(12-22(21)23)33-26-10-11-31-28(34-26)19-6-9-25(36)29(4,30)13-19/h6-8,10-12,14,17-18,20,25,36H,9,13,15-16H2,1-5H3,(H,31,32,33,34)/t18-,20-,25-,29+/m1/s1. The van der Waals surface area contributed by atoms with Crippen molar-refractivity contribution in [2.24, 2.45) is 5.92 Å². The highest BCUT2D eigenvalue weighted by Gasteiger charge is 2.39. The van der Waals surface area contributed by atoms with Crippen LogP contribution < -0.4 is 10.2 Å². The number of nitrogens with zero attached hydrogens (tertiary/aromatic N) is 4. The third-order valence-corrected chi connectivity index (χ3v) is 9.02. The maximum absolute atomic E-state index is 14.7. The van der Waals surface area contributed by atoms with Crippen LogP contribution in [0.15, 0.2) is 42.7 Å². The van der Waals surface area contributed by atoms with E-state index in [0.29, 0.717) is 29.6 Å². The van der Waals surface area contributed by atoms with Gasteiger partial charge in [-0.05, 0) is 60.9 Å². The summed E-state index contributed by atoms with van der Waals surface area (Å²) in [7, 11) is -3.03. The van der Waals surface area contributed by atoms with Crippen LogP contribution in [0.3, 0.4) is 0 Å². The van der Waals surface area contributed by atoms with E-state index in [2.05, 4.69) is 58.1 Å². The zero-order valence-electron chi connectivity index (χ0n) is 23.0. The van der Waals surface area contributed by atoms with Gasteiger partial charge in [-0.25, -0.2) is 27.8 Å². The molecule has 10 heteroatoms. The molecule has 0 amide bonds. The normalized spacial score (nSPS) is 25.5. The zero-order valence-corrected chi connectivity index (χ0v) is 23.8. The predicted octanol–water partition coefficient (Wildman–Crippen LogP) is 5.03. The van der Waals surface area contributed by atoms with Gasteiger partial charge < -0.3 is 15.3 Å². The topological polar surface area (TPSA) is 108 Å². The van der Waals surface area contributed by atoms with Crippen LogP contribution in [-0.2, 0) is 9.84 Å². The molecule has 0 bridgehead atoms. The van der Waals surface area contributed by atoms with Gasteiger partial charge in [0.05, 0.1) is 11.9 Å². The smallest absolute Gasteiger partial charge is 0.157 e. The van der Waals surface area contributed by atoms with Crippen molar-refractivity contribution >= 4 is 43.5 Å². The Labute approximate surface area is 229 Å². The summed E-state index contributed by atoms with van der Waals surface area (Å²) in [6.07, 6.45) is 5.82. The van der Waals surface area contributed by atoms with Crippen molar-refractivity contribution in [1.29, 1.82) is 0 Å². The number of anilines is 3. The van der Waals surface area contributed by atoms with Crippen molar-refractivity contribution in [3.05, 3.63) is 54.1 Å². The Morgan fingerprint density at radius 1 is 1.21 bits per heavy atom. The number of aliphatic hydroxyl groups is 1. The maximum atomic E-state index is 14.7. The molecule has 4 atom stereocenters. The molecule has 1 fully saturated rings. The number of alkyl halides is 1. The molecule has 3 heterocycles. The van der Waals surface area contributed by atoms with Crippen LogP contribution in [0, 0.1) is 5.92 Å². The van der Waals surface area contributed by atoms with Crippen molar-refractivity contribution in [2.75, 3.05) is 28.8 Å². The lowest BCUT2D eigenvalue weighted by Gasteiger charge is -2.48. The molecule has 1 aromatic carbocycles. The molecule has 0 unspecified atom stereocenters. The minimum atomic E-state index is -3.03. The van der Waals surface area contributed by atoms with Crippen LogP contribution in [-0.4, -0.2) is 64.8 Å². The molecule has 2 aliphatic rings. The summed E-state index contributed by atoms with van der Waals surface area (Å²) in [5.41, 5.74) is 1.19. The number of benzene rings is 1. The number of fused-ring (bicyclic) bond motifs is 1. The number of aliphatic hydroxyl groups excluding tert-OH is 1. The second-order valence-corrected chi connectivity index (χ2v) is 13.7. The zero-order chi connectivity index (χ0) is 28.1. The van der Waals surface area contributed by atoms with Gasteiger partial charge in [-0.15, -0.1) is 0 Å². The molecule has 0 radical (unpaired) electrons. The number of aromatic nitrogens is 3. The summed E-state index contributed by atoms with van der Waals surface area (Å²) in [6, 6.07) is 8.13. The molecule has 8 nitrogen and oxygen atoms in total. The number of allylic oxidation sites excluding steroid dienone is 1.